The van der Waals surface area contributed by atoms with E-state index in [-0.39, 0.29) is 0 Å². The molecule has 0 aromatic rings. The number of hydrogen-bond donors (Lipinski definition) is 2. The standard InChI is InChI=1S/C30H48O5/c1-3-5-6-7-8-9-10-11-12-13-14-15-16-17-18-19-20-21-22-23-24-25-34-29(4-2)30(33)35-28(26-31)27-32/h5-6,8-9,11-12,14-15,17-18,20-21,28-29,31-32H,3-4,7,10,13,16,19,22-27H2,1-2H3/b6-5-,9-8-,12-11-,15-14-,18-17-,21-20-. The van der Waals surface area contributed by atoms with Crippen molar-refractivity contribution in [3.8, 4) is 0 Å². The summed E-state index contributed by atoms with van der Waals surface area (Å²) in [5.74, 6) is -0.530. The Hall–Kier alpha value is -2.21. The molecular formula is C30H48O5. The summed E-state index contributed by atoms with van der Waals surface area (Å²) < 4.78 is 10.6. The first-order chi connectivity index (χ1) is 17.2. The zero-order valence-electron chi connectivity index (χ0n) is 21.9. The second-order valence-electron chi connectivity index (χ2n) is 8.10. The number of carbonyl (C=O) groups is 1. The highest BCUT2D eigenvalue weighted by molar-refractivity contribution is 5.74. The molecule has 0 fully saturated rings. The molecule has 1 unspecified atom stereocenters. The zero-order chi connectivity index (χ0) is 25.8. The van der Waals surface area contributed by atoms with Crippen LogP contribution in [0, 0.1) is 0 Å². The molecule has 0 aliphatic carbocycles. The van der Waals surface area contributed by atoms with Gasteiger partial charge in [-0.2, -0.15) is 0 Å². The van der Waals surface area contributed by atoms with E-state index in [2.05, 4.69) is 79.8 Å². The van der Waals surface area contributed by atoms with Gasteiger partial charge in [-0.25, -0.2) is 4.79 Å². The lowest BCUT2D eigenvalue weighted by atomic mass is 10.2. The largest absolute Gasteiger partial charge is 0.456 e. The molecule has 0 spiro atoms. The lowest BCUT2D eigenvalue weighted by Gasteiger charge is -2.18. The van der Waals surface area contributed by atoms with Crippen molar-refractivity contribution in [2.24, 2.45) is 0 Å². The van der Waals surface area contributed by atoms with Crippen LogP contribution in [0.15, 0.2) is 72.9 Å². The smallest absolute Gasteiger partial charge is 0.335 e. The monoisotopic (exact) mass is 488 g/mol. The number of rotatable bonds is 22. The maximum Gasteiger partial charge on any atom is 0.335 e. The van der Waals surface area contributed by atoms with Gasteiger partial charge in [0.05, 0.1) is 13.2 Å². The van der Waals surface area contributed by atoms with Gasteiger partial charge >= 0.3 is 5.97 Å². The van der Waals surface area contributed by atoms with E-state index < -0.39 is 31.4 Å². The minimum Gasteiger partial charge on any atom is -0.456 e. The minimum absolute atomic E-state index is 0.398. The number of esters is 1. The summed E-state index contributed by atoms with van der Waals surface area (Å²) in [4.78, 5) is 12.0. The van der Waals surface area contributed by atoms with Crippen LogP contribution in [0.25, 0.3) is 0 Å². The zero-order valence-corrected chi connectivity index (χ0v) is 21.9. The topological polar surface area (TPSA) is 76.0 Å². The second-order valence-corrected chi connectivity index (χ2v) is 8.10. The van der Waals surface area contributed by atoms with Crippen LogP contribution in [0.4, 0.5) is 0 Å². The molecule has 0 saturated carbocycles. The van der Waals surface area contributed by atoms with Crippen LogP contribution in [0.5, 0.6) is 0 Å². The highest BCUT2D eigenvalue weighted by atomic mass is 16.6. The molecule has 0 aromatic heterocycles. The van der Waals surface area contributed by atoms with Crippen LogP contribution in [0.1, 0.15) is 78.1 Å². The maximum absolute atomic E-state index is 12.0. The summed E-state index contributed by atoms with van der Waals surface area (Å²) in [6.07, 6.45) is 34.1. The van der Waals surface area contributed by atoms with E-state index in [9.17, 15) is 4.79 Å². The van der Waals surface area contributed by atoms with E-state index in [1.54, 1.807) is 0 Å². The van der Waals surface area contributed by atoms with Crippen LogP contribution < -0.4 is 0 Å². The molecule has 5 heteroatoms. The first-order valence-electron chi connectivity index (χ1n) is 13.1. The Morgan fingerprint density at radius 3 is 1.57 bits per heavy atom. The van der Waals surface area contributed by atoms with Crippen LogP contribution in [0.3, 0.4) is 0 Å². The molecule has 1 atom stereocenters. The summed E-state index contributed by atoms with van der Waals surface area (Å²) in [5.41, 5.74) is 0. The number of unbranched alkanes of at least 4 members (excludes halogenated alkanes) is 2. The van der Waals surface area contributed by atoms with Gasteiger partial charge in [-0.15, -0.1) is 0 Å². The summed E-state index contributed by atoms with van der Waals surface area (Å²) >= 11 is 0. The first-order valence-corrected chi connectivity index (χ1v) is 13.1. The molecule has 0 saturated heterocycles. The average Bonchev–Trinajstić information content (AvgIpc) is 2.87. The lowest BCUT2D eigenvalue weighted by molar-refractivity contribution is -0.167. The van der Waals surface area contributed by atoms with E-state index in [4.69, 9.17) is 19.7 Å². The van der Waals surface area contributed by atoms with Crippen molar-refractivity contribution in [3.05, 3.63) is 72.9 Å². The van der Waals surface area contributed by atoms with E-state index >= 15 is 0 Å². The molecule has 2 N–H and O–H groups in total. The number of hydrogen-bond acceptors (Lipinski definition) is 5. The molecule has 0 rings (SSSR count). The Morgan fingerprint density at radius 2 is 1.14 bits per heavy atom. The highest BCUT2D eigenvalue weighted by Gasteiger charge is 2.22. The highest BCUT2D eigenvalue weighted by Crippen LogP contribution is 2.07. The van der Waals surface area contributed by atoms with Crippen molar-refractivity contribution in [1.29, 1.82) is 0 Å². The Balaban J connectivity index is 3.71. The molecule has 0 aliphatic rings. The lowest BCUT2D eigenvalue weighted by Crippen LogP contribution is -2.33. The summed E-state index contributed by atoms with van der Waals surface area (Å²) in [5, 5.41) is 18.0. The third-order valence-electron chi connectivity index (χ3n) is 5.00. The molecular weight excluding hydrogens is 440 g/mol. The Morgan fingerprint density at radius 1 is 0.686 bits per heavy atom. The quantitative estimate of drug-likeness (QED) is 0.103. The Kier molecular flexibility index (Phi) is 24.7. The SMILES string of the molecule is CC/C=C\C/C=C\C/C=C\C/C=C\C/C=C\C/C=C\CCCCOC(CC)C(=O)OC(CO)CO. The third kappa shape index (κ3) is 22.0. The maximum atomic E-state index is 12.0. The average molecular weight is 489 g/mol. The van der Waals surface area contributed by atoms with Gasteiger partial charge in [0.2, 0.25) is 0 Å². The normalized spacial score (nSPS) is 13.7. The predicted molar refractivity (Wildman–Crippen MR) is 146 cm³/mol. The Bertz CT molecular complexity index is 654. The second kappa shape index (κ2) is 26.4. The number of carbonyl (C=O) groups excluding carboxylic acids is 1. The van der Waals surface area contributed by atoms with E-state index in [0.29, 0.717) is 13.0 Å². The number of aliphatic hydroxyl groups excluding tert-OH is 2. The van der Waals surface area contributed by atoms with Gasteiger partial charge in [-0.1, -0.05) is 86.8 Å². The summed E-state index contributed by atoms with van der Waals surface area (Å²) in [7, 11) is 0. The van der Waals surface area contributed by atoms with Gasteiger partial charge < -0.3 is 19.7 Å². The molecule has 0 heterocycles. The van der Waals surface area contributed by atoms with Gasteiger partial charge in [0.1, 0.15) is 6.10 Å². The molecule has 35 heavy (non-hydrogen) atoms. The van der Waals surface area contributed by atoms with Crippen LogP contribution in [0.2, 0.25) is 0 Å². The number of ether oxygens (including phenoxy) is 2. The molecule has 0 radical (unpaired) electrons. The van der Waals surface area contributed by atoms with Crippen molar-refractivity contribution in [1.82, 2.24) is 0 Å². The molecule has 5 nitrogen and oxygen atoms in total. The fourth-order valence-electron chi connectivity index (χ4n) is 2.95. The summed E-state index contributed by atoms with van der Waals surface area (Å²) in [6.45, 7) is 3.68. The molecule has 0 aliphatic heterocycles. The van der Waals surface area contributed by atoms with Crippen LogP contribution in [-0.2, 0) is 14.3 Å². The van der Waals surface area contributed by atoms with Crippen molar-refractivity contribution in [2.45, 2.75) is 90.3 Å². The van der Waals surface area contributed by atoms with Crippen molar-refractivity contribution in [3.63, 3.8) is 0 Å². The van der Waals surface area contributed by atoms with Crippen LogP contribution in [-0.4, -0.2) is 48.2 Å². The minimum atomic E-state index is -0.881. The van der Waals surface area contributed by atoms with E-state index in [1.807, 2.05) is 6.92 Å². The van der Waals surface area contributed by atoms with Gasteiger partial charge in [0.25, 0.3) is 0 Å². The van der Waals surface area contributed by atoms with E-state index in [1.165, 1.54) is 0 Å². The van der Waals surface area contributed by atoms with Gasteiger partial charge in [0, 0.05) is 6.61 Å². The molecule has 0 aromatic carbocycles. The Labute approximate surface area is 213 Å². The van der Waals surface area contributed by atoms with Gasteiger partial charge in [-0.3, -0.25) is 0 Å². The van der Waals surface area contributed by atoms with Gasteiger partial charge in [-0.05, 0) is 64.2 Å². The molecule has 0 bridgehead atoms. The van der Waals surface area contributed by atoms with E-state index in [0.717, 1.165) is 57.8 Å². The van der Waals surface area contributed by atoms with Crippen molar-refractivity contribution < 1.29 is 24.5 Å². The third-order valence-corrected chi connectivity index (χ3v) is 5.00. The molecule has 0 amide bonds. The van der Waals surface area contributed by atoms with Crippen molar-refractivity contribution >= 4 is 5.97 Å². The van der Waals surface area contributed by atoms with Crippen LogP contribution >= 0.6 is 0 Å². The van der Waals surface area contributed by atoms with Crippen molar-refractivity contribution in [2.75, 3.05) is 19.8 Å². The summed E-state index contributed by atoms with van der Waals surface area (Å²) in [6, 6.07) is 0. The van der Waals surface area contributed by atoms with Gasteiger partial charge in [0.15, 0.2) is 6.10 Å². The fraction of sp³-hybridized carbons (Fsp3) is 0.567. The predicted octanol–water partition coefficient (Wildman–Crippen LogP) is 6.55. The number of aliphatic hydroxyl groups is 2. The number of allylic oxidation sites excluding steroid dienone is 12. The fourth-order valence-corrected chi connectivity index (χ4v) is 2.95. The molecule has 198 valence electrons. The first kappa shape index (κ1) is 32.8.